The number of benzene rings is 2. The molecule has 0 aliphatic heterocycles. The number of hydrogen-bond acceptors (Lipinski definition) is 2. The SMILES string of the molecule is CC(C)c1cccc(Oc2ccc([C@H](C)O)cc2)c1. The molecule has 0 aliphatic carbocycles. The van der Waals surface area contributed by atoms with Crippen LogP contribution in [0.1, 0.15) is 43.9 Å². The lowest BCUT2D eigenvalue weighted by Crippen LogP contribution is -1.92. The molecule has 2 aromatic carbocycles. The Labute approximate surface area is 114 Å². The molecule has 0 radical (unpaired) electrons. The lowest BCUT2D eigenvalue weighted by molar-refractivity contribution is 0.199. The minimum absolute atomic E-state index is 0.446. The van der Waals surface area contributed by atoms with Crippen LogP contribution in [0.25, 0.3) is 0 Å². The van der Waals surface area contributed by atoms with Crippen molar-refractivity contribution in [3.8, 4) is 11.5 Å². The molecule has 0 saturated carbocycles. The molecule has 0 bridgehead atoms. The minimum Gasteiger partial charge on any atom is -0.457 e. The van der Waals surface area contributed by atoms with E-state index in [4.69, 9.17) is 4.74 Å². The predicted octanol–water partition coefficient (Wildman–Crippen LogP) is 4.66. The van der Waals surface area contributed by atoms with Crippen molar-refractivity contribution >= 4 is 0 Å². The third-order valence-electron chi connectivity index (χ3n) is 3.12. The quantitative estimate of drug-likeness (QED) is 0.862. The maximum atomic E-state index is 9.46. The topological polar surface area (TPSA) is 29.5 Å². The number of aliphatic hydroxyl groups excluding tert-OH is 1. The van der Waals surface area contributed by atoms with Gasteiger partial charge < -0.3 is 9.84 Å². The van der Waals surface area contributed by atoms with Crippen LogP contribution in [0.4, 0.5) is 0 Å². The Morgan fingerprint density at radius 3 is 2.11 bits per heavy atom. The van der Waals surface area contributed by atoms with Gasteiger partial charge in [-0.25, -0.2) is 0 Å². The number of aliphatic hydroxyl groups is 1. The van der Waals surface area contributed by atoms with Crippen LogP contribution in [0, 0.1) is 0 Å². The first-order valence-corrected chi connectivity index (χ1v) is 6.62. The molecule has 1 N–H and O–H groups in total. The molecule has 2 rings (SSSR count). The number of ether oxygens (including phenoxy) is 1. The summed E-state index contributed by atoms with van der Waals surface area (Å²) in [7, 11) is 0. The zero-order valence-electron chi connectivity index (χ0n) is 11.6. The number of rotatable bonds is 4. The largest absolute Gasteiger partial charge is 0.457 e. The second-order valence-electron chi connectivity index (χ2n) is 5.07. The molecule has 19 heavy (non-hydrogen) atoms. The van der Waals surface area contributed by atoms with Gasteiger partial charge >= 0.3 is 0 Å². The van der Waals surface area contributed by atoms with Crippen LogP contribution in [0.2, 0.25) is 0 Å². The van der Waals surface area contributed by atoms with Crippen LogP contribution in [0.5, 0.6) is 11.5 Å². The lowest BCUT2D eigenvalue weighted by Gasteiger charge is -2.10. The Balaban J connectivity index is 2.14. The summed E-state index contributed by atoms with van der Waals surface area (Å²) in [5.74, 6) is 2.11. The maximum Gasteiger partial charge on any atom is 0.127 e. The van der Waals surface area contributed by atoms with E-state index in [1.54, 1.807) is 6.92 Å². The van der Waals surface area contributed by atoms with Crippen LogP contribution in [-0.2, 0) is 0 Å². The zero-order valence-corrected chi connectivity index (χ0v) is 11.6. The second kappa shape index (κ2) is 5.89. The molecule has 0 aliphatic rings. The maximum absolute atomic E-state index is 9.46. The van der Waals surface area contributed by atoms with Crippen LogP contribution in [0.15, 0.2) is 48.5 Å². The highest BCUT2D eigenvalue weighted by Crippen LogP contribution is 2.26. The van der Waals surface area contributed by atoms with Crippen molar-refractivity contribution in [3.63, 3.8) is 0 Å². The van der Waals surface area contributed by atoms with Crippen molar-refractivity contribution < 1.29 is 9.84 Å². The van der Waals surface area contributed by atoms with Crippen molar-refractivity contribution in [1.82, 2.24) is 0 Å². The normalized spacial score (nSPS) is 12.5. The first-order valence-electron chi connectivity index (χ1n) is 6.62. The van der Waals surface area contributed by atoms with E-state index >= 15 is 0 Å². The highest BCUT2D eigenvalue weighted by atomic mass is 16.5. The van der Waals surface area contributed by atoms with E-state index in [2.05, 4.69) is 26.0 Å². The van der Waals surface area contributed by atoms with Gasteiger partial charge in [0, 0.05) is 0 Å². The Kier molecular flexibility index (Phi) is 4.23. The summed E-state index contributed by atoms with van der Waals surface area (Å²) < 4.78 is 5.82. The van der Waals surface area contributed by atoms with Crippen molar-refractivity contribution in [2.24, 2.45) is 0 Å². The molecule has 0 aromatic heterocycles. The average Bonchev–Trinajstić information content (AvgIpc) is 2.39. The molecule has 100 valence electrons. The molecule has 0 saturated heterocycles. The molecule has 2 nitrogen and oxygen atoms in total. The van der Waals surface area contributed by atoms with E-state index in [0.717, 1.165) is 17.1 Å². The van der Waals surface area contributed by atoms with E-state index in [1.807, 2.05) is 36.4 Å². The average molecular weight is 256 g/mol. The fourth-order valence-corrected chi connectivity index (χ4v) is 1.89. The van der Waals surface area contributed by atoms with Crippen molar-refractivity contribution in [2.45, 2.75) is 32.8 Å². The lowest BCUT2D eigenvalue weighted by atomic mass is 10.0. The smallest absolute Gasteiger partial charge is 0.127 e. The Morgan fingerprint density at radius 2 is 1.53 bits per heavy atom. The van der Waals surface area contributed by atoms with E-state index in [1.165, 1.54) is 5.56 Å². The van der Waals surface area contributed by atoms with Gasteiger partial charge in [-0.2, -0.15) is 0 Å². The van der Waals surface area contributed by atoms with E-state index in [9.17, 15) is 5.11 Å². The molecule has 0 unspecified atom stereocenters. The molecular formula is C17H20O2. The van der Waals surface area contributed by atoms with Crippen LogP contribution < -0.4 is 4.74 Å². The molecule has 2 aromatic rings. The Morgan fingerprint density at radius 1 is 0.842 bits per heavy atom. The summed E-state index contributed by atoms with van der Waals surface area (Å²) in [6.45, 7) is 6.08. The summed E-state index contributed by atoms with van der Waals surface area (Å²) in [6, 6.07) is 15.7. The fourth-order valence-electron chi connectivity index (χ4n) is 1.89. The van der Waals surface area contributed by atoms with Gasteiger partial charge in [-0.1, -0.05) is 38.1 Å². The summed E-state index contributed by atoms with van der Waals surface area (Å²) in [5.41, 5.74) is 2.15. The highest BCUT2D eigenvalue weighted by molar-refractivity contribution is 5.36. The van der Waals surface area contributed by atoms with Gasteiger partial charge in [0.15, 0.2) is 0 Å². The van der Waals surface area contributed by atoms with Crippen LogP contribution >= 0.6 is 0 Å². The molecule has 0 fully saturated rings. The summed E-state index contributed by atoms with van der Waals surface area (Å²) in [6.07, 6.45) is -0.446. The summed E-state index contributed by atoms with van der Waals surface area (Å²) in [4.78, 5) is 0. The van der Waals surface area contributed by atoms with Gasteiger partial charge in [0.1, 0.15) is 11.5 Å². The predicted molar refractivity (Wildman–Crippen MR) is 77.7 cm³/mol. The van der Waals surface area contributed by atoms with Crippen molar-refractivity contribution in [3.05, 3.63) is 59.7 Å². The van der Waals surface area contributed by atoms with E-state index in [-0.39, 0.29) is 0 Å². The molecular weight excluding hydrogens is 236 g/mol. The van der Waals surface area contributed by atoms with Gasteiger partial charge in [-0.05, 0) is 48.2 Å². The molecule has 0 heterocycles. The van der Waals surface area contributed by atoms with E-state index < -0.39 is 6.10 Å². The van der Waals surface area contributed by atoms with Gasteiger partial charge in [-0.3, -0.25) is 0 Å². The molecule has 0 amide bonds. The Hall–Kier alpha value is -1.80. The molecule has 1 atom stereocenters. The van der Waals surface area contributed by atoms with Crippen LogP contribution in [-0.4, -0.2) is 5.11 Å². The standard InChI is InChI=1S/C17H20O2/c1-12(2)15-5-4-6-17(11-15)19-16-9-7-14(8-10-16)13(3)18/h4-13,18H,1-3H3/t13-/m0/s1. The summed E-state index contributed by atoms with van der Waals surface area (Å²) in [5, 5.41) is 9.46. The van der Waals surface area contributed by atoms with Gasteiger partial charge in [-0.15, -0.1) is 0 Å². The Bertz CT molecular complexity index is 527. The monoisotopic (exact) mass is 256 g/mol. The minimum atomic E-state index is -0.446. The first-order chi connectivity index (χ1) is 9.06. The highest BCUT2D eigenvalue weighted by Gasteiger charge is 2.04. The molecule has 0 spiro atoms. The van der Waals surface area contributed by atoms with Gasteiger partial charge in [0.05, 0.1) is 6.10 Å². The van der Waals surface area contributed by atoms with Gasteiger partial charge in [0.25, 0.3) is 0 Å². The number of hydrogen-bond donors (Lipinski definition) is 1. The van der Waals surface area contributed by atoms with Crippen molar-refractivity contribution in [1.29, 1.82) is 0 Å². The van der Waals surface area contributed by atoms with E-state index in [0.29, 0.717) is 5.92 Å². The first kappa shape index (κ1) is 13.6. The zero-order chi connectivity index (χ0) is 13.8. The third-order valence-corrected chi connectivity index (χ3v) is 3.12. The molecule has 2 heteroatoms. The van der Waals surface area contributed by atoms with Gasteiger partial charge in [0.2, 0.25) is 0 Å². The fraction of sp³-hybridized carbons (Fsp3) is 0.294. The third kappa shape index (κ3) is 3.58. The second-order valence-corrected chi connectivity index (χ2v) is 5.07. The van der Waals surface area contributed by atoms with Crippen LogP contribution in [0.3, 0.4) is 0 Å². The summed E-state index contributed by atoms with van der Waals surface area (Å²) >= 11 is 0. The van der Waals surface area contributed by atoms with Crippen molar-refractivity contribution in [2.75, 3.05) is 0 Å².